The Balaban J connectivity index is 1.82. The van der Waals surface area contributed by atoms with Gasteiger partial charge in [-0.2, -0.15) is 4.73 Å². The maximum absolute atomic E-state index is 13.7. The molecule has 0 spiro atoms. The van der Waals surface area contributed by atoms with Gasteiger partial charge in [0.15, 0.2) is 11.9 Å². The molecule has 0 N–H and O–H groups in total. The molecular weight excluding hydrogens is 360 g/mol. The fourth-order valence-corrected chi connectivity index (χ4v) is 3.84. The number of rotatable bonds is 5. The van der Waals surface area contributed by atoms with Crippen molar-refractivity contribution in [1.82, 2.24) is 0 Å². The summed E-state index contributed by atoms with van der Waals surface area (Å²) < 4.78 is 52.1. The van der Waals surface area contributed by atoms with Crippen LogP contribution in [0, 0.1) is 16.8 Å². The molecule has 134 valence electrons. The Kier molecular flexibility index (Phi) is 4.99. The molecule has 7 heteroatoms. The molecule has 3 rings (SSSR count). The molecule has 0 fully saturated rings. The molecule has 0 radical (unpaired) electrons. The van der Waals surface area contributed by atoms with E-state index < -0.39 is 21.5 Å². The second-order valence-corrected chi connectivity index (χ2v) is 7.68. The number of aromatic nitrogens is 1. The average Bonchev–Trinajstić information content (AvgIpc) is 2.62. The normalized spacial score (nSPS) is 11.5. The predicted octanol–water partition coefficient (Wildman–Crippen LogP) is 3.22. The number of benzene rings is 2. The van der Waals surface area contributed by atoms with Crippen LogP contribution in [0.1, 0.15) is 11.3 Å². The first-order chi connectivity index (χ1) is 12.4. The maximum atomic E-state index is 13.7. The minimum atomic E-state index is -3.78. The molecule has 0 aliphatic rings. The number of halogens is 2. The highest BCUT2D eigenvalue weighted by Gasteiger charge is 2.21. The molecule has 26 heavy (non-hydrogen) atoms. The van der Waals surface area contributed by atoms with Crippen molar-refractivity contribution in [3.8, 4) is 0 Å². The zero-order valence-electron chi connectivity index (χ0n) is 13.6. The van der Waals surface area contributed by atoms with Gasteiger partial charge in [0.05, 0.1) is 4.90 Å². The predicted molar refractivity (Wildman–Crippen MR) is 91.1 cm³/mol. The molecule has 0 unspecified atom stereocenters. The topological polar surface area (TPSA) is 61.1 Å². The van der Waals surface area contributed by atoms with Crippen LogP contribution in [0.4, 0.5) is 8.78 Å². The third-order valence-corrected chi connectivity index (χ3v) is 5.75. The van der Waals surface area contributed by atoms with E-state index in [4.69, 9.17) is 0 Å². The summed E-state index contributed by atoms with van der Waals surface area (Å²) in [4.78, 5) is -0.0171. The third kappa shape index (κ3) is 3.72. The van der Waals surface area contributed by atoms with Crippen LogP contribution in [0.2, 0.25) is 0 Å². The Morgan fingerprint density at radius 1 is 0.885 bits per heavy atom. The van der Waals surface area contributed by atoms with Gasteiger partial charge in [-0.1, -0.05) is 24.3 Å². The van der Waals surface area contributed by atoms with Crippen LogP contribution in [0.5, 0.6) is 0 Å². The van der Waals surface area contributed by atoms with Crippen molar-refractivity contribution >= 4 is 9.84 Å². The van der Waals surface area contributed by atoms with Crippen LogP contribution in [0.3, 0.4) is 0 Å². The smallest absolute Gasteiger partial charge is 0.212 e. The van der Waals surface area contributed by atoms with Crippen LogP contribution in [0.25, 0.3) is 0 Å². The summed E-state index contributed by atoms with van der Waals surface area (Å²) >= 11 is 0. The van der Waals surface area contributed by atoms with Crippen molar-refractivity contribution in [2.24, 2.45) is 0 Å². The van der Waals surface area contributed by atoms with Crippen molar-refractivity contribution in [3.63, 3.8) is 0 Å². The van der Waals surface area contributed by atoms with E-state index in [1.807, 2.05) is 0 Å². The number of pyridine rings is 1. The van der Waals surface area contributed by atoms with Gasteiger partial charge in [0, 0.05) is 18.6 Å². The van der Waals surface area contributed by atoms with Gasteiger partial charge < -0.3 is 5.21 Å². The first-order valence-corrected chi connectivity index (χ1v) is 9.32. The number of hydrogen-bond acceptors (Lipinski definition) is 3. The van der Waals surface area contributed by atoms with E-state index in [-0.39, 0.29) is 28.2 Å². The summed E-state index contributed by atoms with van der Waals surface area (Å²) in [5, 5.41) is 12.2. The fourth-order valence-electron chi connectivity index (χ4n) is 2.57. The van der Waals surface area contributed by atoms with Crippen molar-refractivity contribution in [3.05, 3.63) is 95.0 Å². The number of aryl methyl sites for hydroxylation is 2. The van der Waals surface area contributed by atoms with Crippen molar-refractivity contribution < 1.29 is 21.9 Å². The number of sulfone groups is 1. The summed E-state index contributed by atoms with van der Waals surface area (Å²) in [5.74, 6) is -1.34. The largest absolute Gasteiger partial charge is 0.618 e. The molecule has 0 saturated carbocycles. The van der Waals surface area contributed by atoms with Gasteiger partial charge in [0.25, 0.3) is 0 Å². The Morgan fingerprint density at radius 2 is 1.62 bits per heavy atom. The lowest BCUT2D eigenvalue weighted by molar-refractivity contribution is -0.616. The average molecular weight is 375 g/mol. The van der Waals surface area contributed by atoms with E-state index in [1.54, 1.807) is 18.2 Å². The molecule has 4 nitrogen and oxygen atoms in total. The first kappa shape index (κ1) is 18.0. The molecular formula is C19H15F2NO3S. The number of nitrogens with zero attached hydrogens (tertiary/aromatic N) is 1. The van der Waals surface area contributed by atoms with Gasteiger partial charge in [0.2, 0.25) is 9.84 Å². The minimum absolute atomic E-state index is 0.0983. The summed E-state index contributed by atoms with van der Waals surface area (Å²) in [7, 11) is -3.78. The van der Waals surface area contributed by atoms with Crippen LogP contribution < -0.4 is 4.73 Å². The van der Waals surface area contributed by atoms with Gasteiger partial charge in [-0.3, -0.25) is 0 Å². The summed E-state index contributed by atoms with van der Waals surface area (Å²) in [6.07, 6.45) is 1.38. The minimum Gasteiger partial charge on any atom is -0.618 e. The standard InChI is InChI=1S/C19H15F2NO3S/c20-15-8-6-14(19(21)12-15)7-9-16-10-11-18(13-22(16)23)26(24,25)17-4-2-1-3-5-17/h1-6,8,10-13H,7,9H2. The van der Waals surface area contributed by atoms with Crippen molar-refractivity contribution in [2.45, 2.75) is 22.6 Å². The Bertz CT molecular complexity index is 1040. The van der Waals surface area contributed by atoms with Gasteiger partial charge in [0.1, 0.15) is 16.5 Å². The maximum Gasteiger partial charge on any atom is 0.212 e. The Hall–Kier alpha value is -2.80. The van der Waals surface area contributed by atoms with Crippen LogP contribution in [-0.2, 0) is 22.7 Å². The van der Waals surface area contributed by atoms with Crippen molar-refractivity contribution in [2.75, 3.05) is 0 Å². The molecule has 0 saturated heterocycles. The summed E-state index contributed by atoms with van der Waals surface area (Å²) in [6.45, 7) is 0. The van der Waals surface area contributed by atoms with Crippen molar-refractivity contribution in [1.29, 1.82) is 0 Å². The van der Waals surface area contributed by atoms with E-state index in [2.05, 4.69) is 0 Å². The quantitative estimate of drug-likeness (QED) is 0.508. The van der Waals surface area contributed by atoms with Crippen LogP contribution in [0.15, 0.2) is 76.7 Å². The Labute approximate surface area is 149 Å². The lowest BCUT2D eigenvalue weighted by atomic mass is 10.1. The lowest BCUT2D eigenvalue weighted by Gasteiger charge is -2.08. The van der Waals surface area contributed by atoms with Crippen LogP contribution in [-0.4, -0.2) is 8.42 Å². The van der Waals surface area contributed by atoms with Gasteiger partial charge in [-0.15, -0.1) is 0 Å². The lowest BCUT2D eigenvalue weighted by Crippen LogP contribution is -2.32. The second kappa shape index (κ2) is 7.21. The van der Waals surface area contributed by atoms with E-state index >= 15 is 0 Å². The molecule has 1 aromatic heterocycles. The SMILES string of the molecule is O=S(=O)(c1ccccc1)c1ccc(CCc2ccc(F)cc2F)[n+]([O-])c1. The molecule has 0 atom stereocenters. The summed E-state index contributed by atoms with van der Waals surface area (Å²) in [5.41, 5.74) is 0.577. The monoisotopic (exact) mass is 375 g/mol. The van der Waals surface area contributed by atoms with E-state index in [0.29, 0.717) is 10.4 Å². The zero-order valence-corrected chi connectivity index (χ0v) is 14.4. The fraction of sp³-hybridized carbons (Fsp3) is 0.105. The van der Waals surface area contributed by atoms with Gasteiger partial charge in [-0.25, -0.2) is 17.2 Å². The molecule has 0 aliphatic heterocycles. The molecule has 2 aromatic carbocycles. The highest BCUT2D eigenvalue weighted by Crippen LogP contribution is 2.19. The molecule has 0 bridgehead atoms. The third-order valence-electron chi connectivity index (χ3n) is 4.00. The van der Waals surface area contributed by atoms with Gasteiger partial charge in [-0.05, 0) is 36.2 Å². The molecule has 1 heterocycles. The summed E-state index contributed by atoms with van der Waals surface area (Å²) in [6, 6.07) is 13.8. The van der Waals surface area contributed by atoms with Gasteiger partial charge >= 0.3 is 0 Å². The van der Waals surface area contributed by atoms with Crippen LogP contribution >= 0.6 is 0 Å². The second-order valence-electron chi connectivity index (χ2n) is 5.73. The number of hydrogen-bond donors (Lipinski definition) is 0. The van der Waals surface area contributed by atoms with E-state index in [1.165, 1.54) is 30.3 Å². The molecule has 3 aromatic rings. The van der Waals surface area contributed by atoms with E-state index in [0.717, 1.165) is 18.3 Å². The molecule has 0 aliphatic carbocycles. The highest BCUT2D eigenvalue weighted by atomic mass is 32.2. The zero-order chi connectivity index (χ0) is 18.7. The first-order valence-electron chi connectivity index (χ1n) is 7.84. The highest BCUT2D eigenvalue weighted by molar-refractivity contribution is 7.91. The van der Waals surface area contributed by atoms with E-state index in [9.17, 15) is 22.4 Å². The Morgan fingerprint density at radius 3 is 2.27 bits per heavy atom. The molecule has 0 amide bonds.